The Morgan fingerprint density at radius 1 is 0.407 bits per heavy atom. The summed E-state index contributed by atoms with van der Waals surface area (Å²) in [6.45, 7) is 4.64. The summed E-state index contributed by atoms with van der Waals surface area (Å²) in [5.74, 6) is 2.04. The SMILES string of the molecule is CC1(C)c2ccccc2-c2ccc(-c3nc(-c4ccccc4)nc(-c4ccc5c([se]c6c5ccc5ccc7ccccc7c56)c4-c4ccccc4)n3)cc21. The van der Waals surface area contributed by atoms with Gasteiger partial charge in [-0.25, -0.2) is 0 Å². The maximum absolute atomic E-state index is 5.36. The summed E-state index contributed by atoms with van der Waals surface area (Å²) in [4.78, 5) is 15.8. The van der Waals surface area contributed by atoms with Crippen LogP contribution in [0.5, 0.6) is 0 Å². The van der Waals surface area contributed by atoms with Gasteiger partial charge in [0.15, 0.2) is 0 Å². The van der Waals surface area contributed by atoms with E-state index in [2.05, 4.69) is 159 Å². The second-order valence-electron chi connectivity index (χ2n) is 14.8. The molecule has 0 saturated heterocycles. The quantitative estimate of drug-likeness (QED) is 0.133. The van der Waals surface area contributed by atoms with Crippen LogP contribution in [0.3, 0.4) is 0 Å². The average Bonchev–Trinajstić information content (AvgIpc) is 3.72. The minimum atomic E-state index is -0.132. The zero-order chi connectivity index (χ0) is 36.0. The van der Waals surface area contributed by atoms with Crippen molar-refractivity contribution in [1.29, 1.82) is 0 Å². The Morgan fingerprint density at radius 3 is 1.83 bits per heavy atom. The fraction of sp³-hybridized carbons (Fsp3) is 0.0600. The van der Waals surface area contributed by atoms with Gasteiger partial charge in [-0.2, -0.15) is 0 Å². The van der Waals surface area contributed by atoms with Crippen molar-refractivity contribution in [2.24, 2.45) is 0 Å². The molecule has 4 heteroatoms. The van der Waals surface area contributed by atoms with Gasteiger partial charge < -0.3 is 0 Å². The number of rotatable bonds is 4. The first-order chi connectivity index (χ1) is 26.5. The van der Waals surface area contributed by atoms with Crippen molar-refractivity contribution in [3.05, 3.63) is 175 Å². The predicted octanol–water partition coefficient (Wildman–Crippen LogP) is 12.5. The number of hydrogen-bond acceptors (Lipinski definition) is 3. The van der Waals surface area contributed by atoms with E-state index >= 15 is 0 Å². The van der Waals surface area contributed by atoms with Crippen LogP contribution >= 0.6 is 0 Å². The molecule has 1 aliphatic rings. The molecule has 2 aromatic heterocycles. The van der Waals surface area contributed by atoms with Crippen molar-refractivity contribution in [3.8, 4) is 56.4 Å². The summed E-state index contributed by atoms with van der Waals surface area (Å²) >= 11 is 0.0498. The molecule has 3 nitrogen and oxygen atoms in total. The summed E-state index contributed by atoms with van der Waals surface area (Å²) in [5.41, 5.74) is 10.5. The summed E-state index contributed by atoms with van der Waals surface area (Å²) in [5, 5.41) is 7.90. The summed E-state index contributed by atoms with van der Waals surface area (Å²) in [6.07, 6.45) is 0. The second-order valence-corrected chi connectivity index (χ2v) is 16.9. The Balaban J connectivity index is 1.18. The van der Waals surface area contributed by atoms with Gasteiger partial charge in [0.05, 0.1) is 0 Å². The van der Waals surface area contributed by atoms with E-state index in [9.17, 15) is 0 Å². The van der Waals surface area contributed by atoms with Gasteiger partial charge in [0, 0.05) is 0 Å². The fourth-order valence-corrected chi connectivity index (χ4v) is 11.7. The Labute approximate surface area is 319 Å². The molecule has 0 spiro atoms. The van der Waals surface area contributed by atoms with Crippen molar-refractivity contribution in [3.63, 3.8) is 0 Å². The first-order valence-electron chi connectivity index (χ1n) is 18.4. The van der Waals surface area contributed by atoms with Gasteiger partial charge in [-0.05, 0) is 0 Å². The standard InChI is InChI=1S/C50H33N3Se/c1-50(2)41-20-12-11-19-36(41)37-25-24-34(29-42(37)50)48-51-47(33-16-7-4-8-17-33)52-49(53-48)40-28-27-39-38-26-23-32-22-21-30-13-9-10-18-35(30)43(32)45(38)54-46(39)44(40)31-14-5-3-6-15-31/h3-29H,1-2H3. The van der Waals surface area contributed by atoms with Crippen molar-refractivity contribution in [2.45, 2.75) is 19.3 Å². The van der Waals surface area contributed by atoms with Gasteiger partial charge in [0.2, 0.25) is 0 Å². The Morgan fingerprint density at radius 2 is 1.00 bits per heavy atom. The van der Waals surface area contributed by atoms with Gasteiger partial charge >= 0.3 is 309 Å². The Hall–Kier alpha value is -6.19. The van der Waals surface area contributed by atoms with Crippen LogP contribution in [0.2, 0.25) is 0 Å². The Kier molecular flexibility index (Phi) is 6.91. The van der Waals surface area contributed by atoms with Crippen LogP contribution in [-0.2, 0) is 5.41 Å². The van der Waals surface area contributed by atoms with Crippen LogP contribution in [0.4, 0.5) is 0 Å². The number of hydrogen-bond donors (Lipinski definition) is 0. The molecule has 8 aromatic carbocycles. The zero-order valence-corrected chi connectivity index (χ0v) is 31.6. The molecule has 0 fully saturated rings. The van der Waals surface area contributed by atoms with Gasteiger partial charge in [0.1, 0.15) is 0 Å². The van der Waals surface area contributed by atoms with E-state index in [1.165, 1.54) is 74.2 Å². The van der Waals surface area contributed by atoms with E-state index in [-0.39, 0.29) is 19.9 Å². The average molecular weight is 755 g/mol. The predicted molar refractivity (Wildman–Crippen MR) is 226 cm³/mol. The first-order valence-corrected chi connectivity index (χ1v) is 20.2. The Bertz CT molecular complexity index is 3120. The third-order valence-corrected chi connectivity index (χ3v) is 14.0. The molecule has 10 aromatic rings. The van der Waals surface area contributed by atoms with Crippen molar-refractivity contribution in [2.75, 3.05) is 0 Å². The van der Waals surface area contributed by atoms with Crippen LogP contribution in [-0.4, -0.2) is 29.5 Å². The number of aromatic nitrogens is 3. The third kappa shape index (κ3) is 4.71. The normalized spacial score (nSPS) is 13.1. The molecule has 254 valence electrons. The molecule has 0 radical (unpaired) electrons. The molecule has 0 saturated carbocycles. The van der Waals surface area contributed by atoms with Crippen molar-refractivity contribution >= 4 is 55.3 Å². The van der Waals surface area contributed by atoms with Crippen LogP contribution in [0.15, 0.2) is 164 Å². The summed E-state index contributed by atoms with van der Waals surface area (Å²) < 4.78 is 2.83. The van der Waals surface area contributed by atoms with Crippen molar-refractivity contribution in [1.82, 2.24) is 15.0 Å². The molecule has 54 heavy (non-hydrogen) atoms. The third-order valence-electron chi connectivity index (χ3n) is 11.3. The van der Waals surface area contributed by atoms with Gasteiger partial charge in [-0.1, -0.05) is 12.1 Å². The molecule has 0 amide bonds. The van der Waals surface area contributed by atoms with Gasteiger partial charge in [0.25, 0.3) is 0 Å². The molecule has 1 aliphatic carbocycles. The van der Waals surface area contributed by atoms with E-state index in [1.807, 2.05) is 18.2 Å². The van der Waals surface area contributed by atoms with Gasteiger partial charge in [-0.15, -0.1) is 0 Å². The topological polar surface area (TPSA) is 38.7 Å². The number of benzene rings is 8. The first kappa shape index (κ1) is 31.3. The van der Waals surface area contributed by atoms with E-state index in [0.717, 1.165) is 16.7 Å². The van der Waals surface area contributed by atoms with E-state index in [0.29, 0.717) is 17.5 Å². The molecule has 2 heterocycles. The summed E-state index contributed by atoms with van der Waals surface area (Å²) in [6, 6.07) is 59.1. The molecule has 0 bridgehead atoms. The monoisotopic (exact) mass is 755 g/mol. The van der Waals surface area contributed by atoms with Crippen molar-refractivity contribution < 1.29 is 0 Å². The molecular formula is C50H33N3Se. The van der Waals surface area contributed by atoms with E-state index < -0.39 is 0 Å². The number of fused-ring (bicyclic) bond motifs is 10. The van der Waals surface area contributed by atoms with Gasteiger partial charge in [-0.3, -0.25) is 0 Å². The second kappa shape index (κ2) is 11.9. The molecular weight excluding hydrogens is 722 g/mol. The van der Waals surface area contributed by atoms with E-state index in [4.69, 9.17) is 15.0 Å². The van der Waals surface area contributed by atoms with Crippen LogP contribution in [0, 0.1) is 0 Å². The van der Waals surface area contributed by atoms with Crippen LogP contribution < -0.4 is 0 Å². The number of nitrogens with zero attached hydrogens (tertiary/aromatic N) is 3. The molecule has 0 N–H and O–H groups in total. The molecule has 0 atom stereocenters. The molecule has 0 aliphatic heterocycles. The minimum absolute atomic E-state index is 0.0498. The summed E-state index contributed by atoms with van der Waals surface area (Å²) in [7, 11) is 0. The zero-order valence-electron chi connectivity index (χ0n) is 29.8. The molecule has 0 unspecified atom stereocenters. The maximum atomic E-state index is 5.36. The van der Waals surface area contributed by atoms with E-state index in [1.54, 1.807) is 0 Å². The fourth-order valence-electron chi connectivity index (χ4n) is 8.65. The van der Waals surface area contributed by atoms with Crippen LogP contribution in [0.1, 0.15) is 25.0 Å². The van der Waals surface area contributed by atoms with Crippen LogP contribution in [0.25, 0.3) is 97.3 Å². The molecule has 11 rings (SSSR count).